The summed E-state index contributed by atoms with van der Waals surface area (Å²) >= 11 is 6.18. The number of benzene rings is 1. The molecule has 1 aromatic heterocycles. The van der Waals surface area contributed by atoms with Crippen molar-refractivity contribution in [3.05, 3.63) is 52.7 Å². The van der Waals surface area contributed by atoms with E-state index in [0.29, 0.717) is 34.2 Å². The number of amides is 1. The first-order chi connectivity index (χ1) is 17.1. The summed E-state index contributed by atoms with van der Waals surface area (Å²) in [7, 11) is 0. The Morgan fingerprint density at radius 1 is 1.22 bits per heavy atom. The van der Waals surface area contributed by atoms with Gasteiger partial charge in [0, 0.05) is 48.6 Å². The fraction of sp³-hybridized carbons (Fsp3) is 0.500. The van der Waals surface area contributed by atoms with Gasteiger partial charge in [0.1, 0.15) is 30.0 Å². The predicted molar refractivity (Wildman–Crippen MR) is 139 cm³/mol. The first-order valence-corrected chi connectivity index (χ1v) is 12.8. The molecule has 1 aromatic carbocycles. The van der Waals surface area contributed by atoms with Crippen LogP contribution < -0.4 is 15.0 Å². The lowest BCUT2D eigenvalue weighted by atomic mass is 9.49. The van der Waals surface area contributed by atoms with Gasteiger partial charge in [-0.05, 0) is 43.0 Å². The summed E-state index contributed by atoms with van der Waals surface area (Å²) in [5.41, 5.74) is 0.255. The van der Waals surface area contributed by atoms with Crippen LogP contribution in [0.15, 0.2) is 36.5 Å². The second-order valence-electron chi connectivity index (χ2n) is 11.0. The van der Waals surface area contributed by atoms with E-state index in [2.05, 4.69) is 49.0 Å². The van der Waals surface area contributed by atoms with Crippen molar-refractivity contribution < 1.29 is 14.3 Å². The molecule has 1 aliphatic heterocycles. The molecule has 4 rings (SSSR count). The van der Waals surface area contributed by atoms with Crippen LogP contribution in [-0.4, -0.2) is 42.4 Å². The van der Waals surface area contributed by atoms with Crippen LogP contribution in [0.3, 0.4) is 0 Å². The molecule has 1 aliphatic carbocycles. The number of hydrogen-bond acceptors (Lipinski definition) is 6. The molecule has 0 bridgehead atoms. The van der Waals surface area contributed by atoms with Gasteiger partial charge < -0.3 is 19.7 Å². The van der Waals surface area contributed by atoms with Gasteiger partial charge in [-0.2, -0.15) is 5.26 Å². The number of nitrogens with zero attached hydrogens (tertiary/aromatic N) is 3. The van der Waals surface area contributed by atoms with E-state index in [1.54, 1.807) is 24.4 Å². The predicted octanol–water partition coefficient (Wildman–Crippen LogP) is 5.02. The van der Waals surface area contributed by atoms with E-state index in [4.69, 9.17) is 21.6 Å². The molecule has 0 spiro atoms. The molecule has 7 nitrogen and oxygen atoms in total. The van der Waals surface area contributed by atoms with Crippen LogP contribution in [0.25, 0.3) is 0 Å². The van der Waals surface area contributed by atoms with E-state index in [-0.39, 0.29) is 28.9 Å². The summed E-state index contributed by atoms with van der Waals surface area (Å²) in [6, 6.07) is 10.7. The minimum atomic E-state index is -0.335. The highest BCUT2D eigenvalue weighted by Crippen LogP contribution is 2.55. The van der Waals surface area contributed by atoms with Crippen LogP contribution in [0.1, 0.15) is 62.9 Å². The lowest BCUT2D eigenvalue weighted by molar-refractivity contribution is -0.164. The number of ether oxygens (including phenoxy) is 1. The van der Waals surface area contributed by atoms with Crippen LogP contribution in [0.4, 0.5) is 5.82 Å². The summed E-state index contributed by atoms with van der Waals surface area (Å²) in [5.74, 6) is 1.75. The van der Waals surface area contributed by atoms with E-state index in [1.807, 2.05) is 12.1 Å². The maximum Gasteiger partial charge on any atom is 0.253 e. The Hall–Kier alpha value is -3.11. The molecular weight excluding hydrogens is 476 g/mol. The van der Waals surface area contributed by atoms with Crippen molar-refractivity contribution in [2.45, 2.75) is 59.1 Å². The molecule has 2 aromatic rings. The van der Waals surface area contributed by atoms with Gasteiger partial charge in [0.25, 0.3) is 5.91 Å². The van der Waals surface area contributed by atoms with Crippen molar-refractivity contribution in [1.82, 2.24) is 10.3 Å². The van der Waals surface area contributed by atoms with E-state index < -0.39 is 0 Å². The standard InChI is InChI=1S/C28H33ClN4O3/c1-27(2)25(28(3,4)26(27)36-21-7-5-19(16-30)22(29)15-21)32-24(35)20-6-8-23(31-17-20)33-12-9-18(10-13-33)11-14-34/h5-8,14-15,17-18,25-26H,9-13H2,1-4H3,(H,32,35). The Morgan fingerprint density at radius 2 is 1.92 bits per heavy atom. The van der Waals surface area contributed by atoms with Crippen LogP contribution in [0.2, 0.25) is 5.02 Å². The van der Waals surface area contributed by atoms with Gasteiger partial charge in [-0.1, -0.05) is 39.3 Å². The van der Waals surface area contributed by atoms with Crippen molar-refractivity contribution >= 4 is 29.6 Å². The summed E-state index contributed by atoms with van der Waals surface area (Å²) in [6.07, 6.45) is 5.06. The van der Waals surface area contributed by atoms with E-state index >= 15 is 0 Å². The van der Waals surface area contributed by atoms with Crippen LogP contribution in [0, 0.1) is 28.1 Å². The fourth-order valence-corrected chi connectivity index (χ4v) is 6.26. The second-order valence-corrected chi connectivity index (χ2v) is 11.4. The first-order valence-electron chi connectivity index (χ1n) is 12.4. The number of hydrogen-bond donors (Lipinski definition) is 1. The molecule has 190 valence electrons. The SMILES string of the molecule is CC1(C)C(NC(=O)c2ccc(N3CCC(CC=O)CC3)nc2)C(C)(C)C1Oc1ccc(C#N)c(Cl)c1. The van der Waals surface area contributed by atoms with Gasteiger partial charge in [-0.3, -0.25) is 4.79 Å². The van der Waals surface area contributed by atoms with Crippen LogP contribution in [0.5, 0.6) is 5.75 Å². The molecular formula is C28H33ClN4O3. The van der Waals surface area contributed by atoms with Gasteiger partial charge in [-0.25, -0.2) is 4.98 Å². The Morgan fingerprint density at radius 3 is 2.47 bits per heavy atom. The van der Waals surface area contributed by atoms with Gasteiger partial charge in [-0.15, -0.1) is 0 Å². The average Bonchev–Trinajstić information content (AvgIpc) is 2.86. The quantitative estimate of drug-likeness (QED) is 0.527. The minimum absolute atomic E-state index is 0.118. The Bertz CT molecular complexity index is 1150. The highest BCUT2D eigenvalue weighted by molar-refractivity contribution is 6.31. The zero-order valence-corrected chi connectivity index (χ0v) is 22.0. The number of nitrogens with one attached hydrogen (secondary N) is 1. The third-order valence-electron chi connectivity index (χ3n) is 7.81. The van der Waals surface area contributed by atoms with Gasteiger partial charge in [0.2, 0.25) is 0 Å². The second kappa shape index (κ2) is 10.1. The molecule has 0 atom stereocenters. The summed E-state index contributed by atoms with van der Waals surface area (Å²) in [4.78, 5) is 30.6. The van der Waals surface area contributed by atoms with Crippen molar-refractivity contribution in [2.24, 2.45) is 16.7 Å². The molecule has 2 aliphatic rings. The summed E-state index contributed by atoms with van der Waals surface area (Å²) in [5, 5.41) is 12.7. The Balaban J connectivity index is 1.39. The normalized spacial score (nSPS) is 22.7. The zero-order valence-electron chi connectivity index (χ0n) is 21.3. The number of pyridine rings is 1. The van der Waals surface area contributed by atoms with Crippen molar-refractivity contribution in [1.29, 1.82) is 5.26 Å². The zero-order chi connectivity index (χ0) is 26.1. The molecule has 36 heavy (non-hydrogen) atoms. The number of aldehydes is 1. The highest BCUT2D eigenvalue weighted by atomic mass is 35.5. The largest absolute Gasteiger partial charge is 0.489 e. The topological polar surface area (TPSA) is 95.3 Å². The number of aromatic nitrogens is 1. The molecule has 8 heteroatoms. The molecule has 1 saturated heterocycles. The number of anilines is 1. The molecule has 1 amide bonds. The minimum Gasteiger partial charge on any atom is -0.489 e. The van der Waals surface area contributed by atoms with Crippen molar-refractivity contribution in [2.75, 3.05) is 18.0 Å². The number of carbonyl (C=O) groups excluding carboxylic acids is 2. The van der Waals surface area contributed by atoms with Gasteiger partial charge in [0.05, 0.1) is 16.1 Å². The average molecular weight is 509 g/mol. The first kappa shape index (κ1) is 26.0. The summed E-state index contributed by atoms with van der Waals surface area (Å²) < 4.78 is 6.30. The molecule has 2 heterocycles. The number of halogens is 1. The van der Waals surface area contributed by atoms with E-state index in [9.17, 15) is 9.59 Å². The third kappa shape index (κ3) is 4.92. The van der Waals surface area contributed by atoms with Crippen LogP contribution in [-0.2, 0) is 4.79 Å². The van der Waals surface area contributed by atoms with E-state index in [1.165, 1.54) is 0 Å². The molecule has 0 radical (unpaired) electrons. The lowest BCUT2D eigenvalue weighted by Gasteiger charge is -2.63. The molecule has 1 saturated carbocycles. The molecule has 0 unspecified atom stereocenters. The smallest absolute Gasteiger partial charge is 0.253 e. The Labute approximate surface area is 217 Å². The molecule has 1 N–H and O–H groups in total. The maximum absolute atomic E-state index is 13.1. The fourth-order valence-electron chi connectivity index (χ4n) is 6.05. The van der Waals surface area contributed by atoms with Crippen LogP contribution >= 0.6 is 11.6 Å². The number of rotatable bonds is 7. The van der Waals surface area contributed by atoms with Crippen molar-refractivity contribution in [3.63, 3.8) is 0 Å². The summed E-state index contributed by atoms with van der Waals surface area (Å²) in [6.45, 7) is 10.0. The van der Waals surface area contributed by atoms with Crippen molar-refractivity contribution in [3.8, 4) is 11.8 Å². The molecule has 2 fully saturated rings. The monoisotopic (exact) mass is 508 g/mol. The van der Waals surface area contributed by atoms with Gasteiger partial charge >= 0.3 is 0 Å². The highest BCUT2D eigenvalue weighted by Gasteiger charge is 2.64. The lowest BCUT2D eigenvalue weighted by Crippen LogP contribution is -2.74. The van der Waals surface area contributed by atoms with Gasteiger partial charge in [0.15, 0.2) is 0 Å². The maximum atomic E-state index is 13.1. The number of carbonyl (C=O) groups is 2. The number of nitriles is 1. The number of piperidine rings is 1. The Kier molecular flexibility index (Phi) is 7.28. The third-order valence-corrected chi connectivity index (χ3v) is 8.12. The van der Waals surface area contributed by atoms with E-state index in [0.717, 1.165) is 38.0 Å².